The highest BCUT2D eigenvalue weighted by Gasteiger charge is 2.23. The Labute approximate surface area is 178 Å². The maximum atomic E-state index is 12.9. The molecule has 30 heavy (non-hydrogen) atoms. The molecule has 3 heterocycles. The van der Waals surface area contributed by atoms with Gasteiger partial charge < -0.3 is 14.4 Å². The predicted molar refractivity (Wildman–Crippen MR) is 112 cm³/mol. The predicted octanol–water partition coefficient (Wildman–Crippen LogP) is 2.26. The molecule has 1 aliphatic heterocycles. The number of benzene rings is 1. The van der Waals surface area contributed by atoms with Gasteiger partial charge in [0.05, 0.1) is 19.0 Å². The zero-order chi connectivity index (χ0) is 20.9. The van der Waals surface area contributed by atoms with Gasteiger partial charge in [0.1, 0.15) is 0 Å². The van der Waals surface area contributed by atoms with E-state index in [0.717, 1.165) is 24.2 Å². The number of carbonyl (C=O) groups is 1. The number of methoxy groups -OCH3 is 1. The fourth-order valence-electron chi connectivity index (χ4n) is 3.30. The minimum absolute atomic E-state index is 0.0749. The third kappa shape index (κ3) is 4.38. The Kier molecular flexibility index (Phi) is 6.12. The summed E-state index contributed by atoms with van der Waals surface area (Å²) in [5.41, 5.74) is 2.93. The number of para-hydroxylation sites is 1. The normalized spacial score (nSPS) is 13.1. The summed E-state index contributed by atoms with van der Waals surface area (Å²) in [6.07, 6.45) is 3.53. The Morgan fingerprint density at radius 2 is 2.13 bits per heavy atom. The van der Waals surface area contributed by atoms with Crippen LogP contribution >= 0.6 is 11.8 Å². The number of aromatic nitrogens is 5. The van der Waals surface area contributed by atoms with Gasteiger partial charge in [-0.15, -0.1) is 5.10 Å². The molecule has 0 radical (unpaired) electrons. The van der Waals surface area contributed by atoms with E-state index in [-0.39, 0.29) is 12.5 Å². The number of fused-ring (bicyclic) bond motifs is 1. The van der Waals surface area contributed by atoms with Gasteiger partial charge in [-0.05, 0) is 34.9 Å². The van der Waals surface area contributed by atoms with E-state index in [1.165, 1.54) is 17.3 Å². The largest absolute Gasteiger partial charge is 0.491 e. The van der Waals surface area contributed by atoms with Crippen molar-refractivity contribution >= 4 is 23.4 Å². The smallest absolute Gasteiger partial charge is 0.264 e. The van der Waals surface area contributed by atoms with Crippen LogP contribution < -0.4 is 14.4 Å². The van der Waals surface area contributed by atoms with Crippen LogP contribution in [-0.2, 0) is 24.0 Å². The Bertz CT molecular complexity index is 1040. The van der Waals surface area contributed by atoms with E-state index in [4.69, 9.17) is 9.47 Å². The molecule has 0 saturated carbocycles. The highest BCUT2D eigenvalue weighted by molar-refractivity contribution is 7.98. The molecule has 0 unspecified atom stereocenters. The number of amides is 1. The van der Waals surface area contributed by atoms with Crippen LogP contribution in [0.1, 0.15) is 17.7 Å². The Morgan fingerprint density at radius 3 is 2.93 bits per heavy atom. The van der Waals surface area contributed by atoms with Crippen LogP contribution in [0.25, 0.3) is 0 Å². The van der Waals surface area contributed by atoms with E-state index in [1.54, 1.807) is 36.0 Å². The molecule has 1 amide bonds. The van der Waals surface area contributed by atoms with Crippen LogP contribution in [0.15, 0.2) is 41.7 Å². The molecule has 0 N–H and O–H groups in total. The number of hydrogen-bond donors (Lipinski definition) is 0. The van der Waals surface area contributed by atoms with Crippen LogP contribution in [0.2, 0.25) is 0 Å². The number of carbonyl (C=O) groups excluding carboxylic acids is 1. The van der Waals surface area contributed by atoms with Gasteiger partial charge in [0, 0.05) is 31.1 Å². The molecule has 10 heteroatoms. The second-order valence-corrected chi connectivity index (χ2v) is 7.71. The lowest BCUT2D eigenvalue weighted by atomic mass is 10.0. The van der Waals surface area contributed by atoms with Gasteiger partial charge in [0.15, 0.2) is 18.1 Å². The van der Waals surface area contributed by atoms with Crippen LogP contribution in [0.3, 0.4) is 0 Å². The van der Waals surface area contributed by atoms with Crippen molar-refractivity contribution in [2.75, 3.05) is 25.2 Å². The number of pyridine rings is 1. The minimum atomic E-state index is -0.0814. The highest BCUT2D eigenvalue weighted by atomic mass is 32.2. The lowest BCUT2D eigenvalue weighted by Gasteiger charge is -2.29. The van der Waals surface area contributed by atoms with Gasteiger partial charge in [-0.3, -0.25) is 9.78 Å². The van der Waals surface area contributed by atoms with Crippen molar-refractivity contribution in [1.82, 2.24) is 25.2 Å². The number of aryl methyl sites for hydroxylation is 2. The summed E-state index contributed by atoms with van der Waals surface area (Å²) >= 11 is 1.46. The molecule has 0 fully saturated rings. The molecule has 9 nitrogen and oxygen atoms in total. The quantitative estimate of drug-likeness (QED) is 0.531. The van der Waals surface area contributed by atoms with Gasteiger partial charge in [-0.25, -0.2) is 4.68 Å². The summed E-state index contributed by atoms with van der Waals surface area (Å²) in [5, 5.41) is 12.1. The molecule has 0 bridgehead atoms. The van der Waals surface area contributed by atoms with Crippen molar-refractivity contribution in [2.45, 2.75) is 23.8 Å². The summed E-state index contributed by atoms with van der Waals surface area (Å²) in [6.45, 7) is 0.620. The van der Waals surface area contributed by atoms with E-state index in [0.29, 0.717) is 29.0 Å². The van der Waals surface area contributed by atoms with Gasteiger partial charge in [0.25, 0.3) is 5.91 Å². The standard InChI is InChI=1S/C20H22N6O3S/c1-25-20(22-23-24-25)30-13-15-10-17(18(28-2)11-21-15)29-12-19(27)26-9-5-7-14-6-3-4-8-16(14)26/h3-4,6,8,10-11H,5,7,9,12-13H2,1-2H3. The van der Waals surface area contributed by atoms with Gasteiger partial charge in [0.2, 0.25) is 5.16 Å². The SMILES string of the molecule is COc1cnc(CSc2nnnn2C)cc1OCC(=O)N1CCCc2ccccc21. The Balaban J connectivity index is 1.43. The molecule has 156 valence electrons. The maximum Gasteiger partial charge on any atom is 0.264 e. The van der Waals surface area contributed by atoms with Crippen molar-refractivity contribution in [2.24, 2.45) is 7.05 Å². The van der Waals surface area contributed by atoms with Crippen LogP contribution in [-0.4, -0.2) is 51.4 Å². The minimum Gasteiger partial charge on any atom is -0.491 e. The topological polar surface area (TPSA) is 95.3 Å². The molecule has 0 saturated heterocycles. The first-order chi connectivity index (χ1) is 14.7. The summed E-state index contributed by atoms with van der Waals surface area (Å²) in [7, 11) is 3.33. The Morgan fingerprint density at radius 1 is 1.27 bits per heavy atom. The third-order valence-corrected chi connectivity index (χ3v) is 5.85. The molecule has 1 aliphatic rings. The number of thioether (sulfide) groups is 1. The summed E-state index contributed by atoms with van der Waals surface area (Å²) in [4.78, 5) is 19.0. The third-order valence-electron chi connectivity index (χ3n) is 4.80. The second-order valence-electron chi connectivity index (χ2n) is 6.77. The monoisotopic (exact) mass is 426 g/mol. The number of ether oxygens (including phenoxy) is 2. The van der Waals surface area contributed by atoms with E-state index in [2.05, 4.69) is 26.6 Å². The first kappa shape index (κ1) is 20.1. The molecule has 4 rings (SSSR count). The number of nitrogens with zero attached hydrogens (tertiary/aromatic N) is 6. The Hall–Kier alpha value is -3.14. The van der Waals surface area contributed by atoms with Crippen LogP contribution in [0.5, 0.6) is 11.5 Å². The maximum absolute atomic E-state index is 12.9. The van der Waals surface area contributed by atoms with Crippen molar-refractivity contribution in [3.8, 4) is 11.5 Å². The summed E-state index contributed by atoms with van der Waals surface area (Å²) in [5.74, 6) is 1.44. The zero-order valence-corrected chi connectivity index (χ0v) is 17.6. The molecule has 1 aromatic carbocycles. The highest BCUT2D eigenvalue weighted by Crippen LogP contribution is 2.30. The fourth-order valence-corrected chi connectivity index (χ4v) is 4.05. The number of anilines is 1. The fraction of sp³-hybridized carbons (Fsp3) is 0.350. The number of hydrogen-bond acceptors (Lipinski definition) is 8. The van der Waals surface area contributed by atoms with E-state index < -0.39 is 0 Å². The van der Waals surface area contributed by atoms with Gasteiger partial charge in [-0.2, -0.15) is 0 Å². The van der Waals surface area contributed by atoms with Crippen LogP contribution in [0, 0.1) is 0 Å². The van der Waals surface area contributed by atoms with E-state index in [9.17, 15) is 4.79 Å². The molecule has 3 aromatic rings. The van der Waals surface area contributed by atoms with Gasteiger partial charge in [-0.1, -0.05) is 30.0 Å². The first-order valence-corrected chi connectivity index (χ1v) is 10.5. The number of rotatable bonds is 7. The lowest BCUT2D eigenvalue weighted by molar-refractivity contribution is -0.120. The van der Waals surface area contributed by atoms with E-state index in [1.807, 2.05) is 18.2 Å². The molecular weight excluding hydrogens is 404 g/mol. The van der Waals surface area contributed by atoms with Crippen molar-refractivity contribution < 1.29 is 14.3 Å². The number of tetrazole rings is 1. The average molecular weight is 427 g/mol. The summed E-state index contributed by atoms with van der Waals surface area (Å²) < 4.78 is 12.8. The average Bonchev–Trinajstić information content (AvgIpc) is 3.20. The molecule has 0 atom stereocenters. The van der Waals surface area contributed by atoms with E-state index >= 15 is 0 Å². The second kappa shape index (κ2) is 9.12. The molecule has 0 spiro atoms. The molecular formula is C20H22N6O3S. The molecule has 0 aliphatic carbocycles. The zero-order valence-electron chi connectivity index (χ0n) is 16.8. The molecule has 2 aromatic heterocycles. The summed E-state index contributed by atoms with van der Waals surface area (Å²) in [6, 6.07) is 9.79. The van der Waals surface area contributed by atoms with Gasteiger partial charge >= 0.3 is 0 Å². The van der Waals surface area contributed by atoms with Crippen molar-refractivity contribution in [3.63, 3.8) is 0 Å². The van der Waals surface area contributed by atoms with Crippen molar-refractivity contribution in [3.05, 3.63) is 47.8 Å². The first-order valence-electron chi connectivity index (χ1n) is 9.55. The van der Waals surface area contributed by atoms with Crippen molar-refractivity contribution in [1.29, 1.82) is 0 Å². The van der Waals surface area contributed by atoms with Crippen LogP contribution in [0.4, 0.5) is 5.69 Å². The lowest BCUT2D eigenvalue weighted by Crippen LogP contribution is -2.38.